The van der Waals surface area contributed by atoms with Crippen molar-refractivity contribution >= 4 is 23.2 Å². The first kappa shape index (κ1) is 9.91. The van der Waals surface area contributed by atoms with Crippen LogP contribution in [0.15, 0.2) is 0 Å². The minimum Gasteiger partial charge on any atom is -0.0928 e. The quantitative estimate of drug-likeness (QED) is 0.381. The van der Waals surface area contributed by atoms with Gasteiger partial charge in [-0.05, 0) is 12.8 Å². The molecule has 0 aliphatic rings. The number of hydrogen-bond acceptors (Lipinski definition) is 0. The van der Waals surface area contributed by atoms with Gasteiger partial charge in [0.05, 0.1) is 6.16 Å². The number of halogens is 1. The Morgan fingerprint density at radius 2 is 1.67 bits per heavy atom. The lowest BCUT2D eigenvalue weighted by Gasteiger charge is -2.09. The van der Waals surface area contributed by atoms with Crippen LogP contribution in [0.3, 0.4) is 0 Å². The molecular weight excluding hydrogens is 195 g/mol. The number of rotatable bonds is 4. The molecule has 0 aromatic carbocycles. The molecule has 9 heavy (non-hydrogen) atoms. The molecule has 0 saturated heterocycles. The number of hydrogen-bond donors (Lipinski definition) is 0. The molecule has 0 fully saturated rings. The van der Waals surface area contributed by atoms with Crippen LogP contribution in [0.25, 0.3) is 0 Å². The van der Waals surface area contributed by atoms with Gasteiger partial charge in [0.1, 0.15) is 0 Å². The SMILES string of the molecule is C[P+](C)(C)CCCCBr. The molecule has 0 aliphatic carbocycles. The molecule has 0 nitrogen and oxygen atoms in total. The van der Waals surface area contributed by atoms with Crippen LogP contribution in [-0.2, 0) is 0 Å². The van der Waals surface area contributed by atoms with Crippen LogP contribution in [0.4, 0.5) is 0 Å². The fourth-order valence-corrected chi connectivity index (χ4v) is 2.25. The standard InChI is InChI=1S/C7H17BrP/c1-9(2,3)7-5-4-6-8/h4-7H2,1-3H3/q+1. The maximum Gasteiger partial charge on any atom is 0.0586 e. The summed E-state index contributed by atoms with van der Waals surface area (Å²) in [5.74, 6) is 0. The van der Waals surface area contributed by atoms with Gasteiger partial charge < -0.3 is 0 Å². The van der Waals surface area contributed by atoms with Crippen molar-refractivity contribution < 1.29 is 0 Å². The topological polar surface area (TPSA) is 0 Å². The Bertz CT molecular complexity index is 65.8. The molecule has 0 spiro atoms. The Kier molecular flexibility index (Phi) is 5.16. The van der Waals surface area contributed by atoms with Gasteiger partial charge in [0.15, 0.2) is 0 Å². The van der Waals surface area contributed by atoms with Gasteiger partial charge in [-0.1, -0.05) is 15.9 Å². The van der Waals surface area contributed by atoms with E-state index in [-0.39, 0.29) is 0 Å². The lowest BCUT2D eigenvalue weighted by molar-refractivity contribution is 0.905. The van der Waals surface area contributed by atoms with E-state index < -0.39 is 7.26 Å². The third-order valence-corrected chi connectivity index (χ3v) is 3.43. The summed E-state index contributed by atoms with van der Waals surface area (Å²) in [7, 11) is -0.466. The van der Waals surface area contributed by atoms with Crippen molar-refractivity contribution in [2.45, 2.75) is 12.8 Å². The molecule has 0 aromatic heterocycles. The summed E-state index contributed by atoms with van der Waals surface area (Å²) in [5, 5.41) is 1.17. The summed E-state index contributed by atoms with van der Waals surface area (Å²) in [5.41, 5.74) is 0. The first-order chi connectivity index (χ1) is 4.06. The fraction of sp³-hybridized carbons (Fsp3) is 1.00. The zero-order chi connectivity index (χ0) is 7.33. The van der Waals surface area contributed by atoms with Crippen LogP contribution in [0.2, 0.25) is 0 Å². The first-order valence-corrected chi connectivity index (χ1v) is 7.86. The maximum atomic E-state index is 3.43. The predicted molar refractivity (Wildman–Crippen MR) is 52.6 cm³/mol. The molecule has 0 N–H and O–H groups in total. The third kappa shape index (κ3) is 8.91. The summed E-state index contributed by atoms with van der Waals surface area (Å²) >= 11 is 3.43. The van der Waals surface area contributed by atoms with E-state index in [0.717, 1.165) is 0 Å². The van der Waals surface area contributed by atoms with Crippen molar-refractivity contribution in [1.29, 1.82) is 0 Å². The molecule has 2 heteroatoms. The second-order valence-electron chi connectivity index (χ2n) is 3.41. The third-order valence-electron chi connectivity index (χ3n) is 1.21. The molecule has 0 bridgehead atoms. The van der Waals surface area contributed by atoms with Crippen LogP contribution < -0.4 is 0 Å². The Labute approximate surface area is 67.9 Å². The first-order valence-electron chi connectivity index (χ1n) is 3.43. The summed E-state index contributed by atoms with van der Waals surface area (Å²) in [6, 6.07) is 0. The maximum absolute atomic E-state index is 3.43. The minimum absolute atomic E-state index is 0.466. The Morgan fingerprint density at radius 1 is 1.11 bits per heavy atom. The van der Waals surface area contributed by atoms with E-state index in [1.807, 2.05) is 0 Å². The second-order valence-corrected chi connectivity index (χ2v) is 9.23. The van der Waals surface area contributed by atoms with E-state index in [1.54, 1.807) is 0 Å². The number of unbranched alkanes of at least 4 members (excludes halogenated alkanes) is 1. The highest BCUT2D eigenvalue weighted by atomic mass is 79.9. The Hall–Kier alpha value is 0.910. The molecule has 56 valence electrons. The van der Waals surface area contributed by atoms with Gasteiger partial charge in [0, 0.05) is 32.6 Å². The molecule has 0 saturated carbocycles. The van der Waals surface area contributed by atoms with Crippen molar-refractivity contribution in [3.8, 4) is 0 Å². The summed E-state index contributed by atoms with van der Waals surface area (Å²) in [6.45, 7) is 7.21. The zero-order valence-corrected chi connectivity index (χ0v) is 9.13. The van der Waals surface area contributed by atoms with E-state index in [2.05, 4.69) is 35.9 Å². The van der Waals surface area contributed by atoms with Crippen LogP contribution in [0, 0.1) is 0 Å². The van der Waals surface area contributed by atoms with Crippen LogP contribution in [0.1, 0.15) is 12.8 Å². The van der Waals surface area contributed by atoms with E-state index in [4.69, 9.17) is 0 Å². The van der Waals surface area contributed by atoms with Crippen LogP contribution >= 0.6 is 23.2 Å². The highest BCUT2D eigenvalue weighted by Gasteiger charge is 2.14. The van der Waals surface area contributed by atoms with E-state index in [0.29, 0.717) is 0 Å². The minimum atomic E-state index is -0.466. The molecule has 0 unspecified atom stereocenters. The van der Waals surface area contributed by atoms with Gasteiger partial charge in [-0.15, -0.1) is 0 Å². The normalized spacial score (nSPS) is 12.0. The molecule has 0 atom stereocenters. The fourth-order valence-electron chi connectivity index (χ4n) is 0.681. The average molecular weight is 212 g/mol. The Balaban J connectivity index is 3.07. The van der Waals surface area contributed by atoms with Gasteiger partial charge >= 0.3 is 0 Å². The van der Waals surface area contributed by atoms with Crippen molar-refractivity contribution in [3.05, 3.63) is 0 Å². The summed E-state index contributed by atoms with van der Waals surface area (Å²) in [4.78, 5) is 0. The lowest BCUT2D eigenvalue weighted by Crippen LogP contribution is -1.92. The zero-order valence-electron chi connectivity index (χ0n) is 6.65. The van der Waals surface area contributed by atoms with E-state index >= 15 is 0 Å². The molecule has 0 aliphatic heterocycles. The number of alkyl halides is 1. The van der Waals surface area contributed by atoms with Gasteiger partial charge in [-0.25, -0.2) is 0 Å². The van der Waals surface area contributed by atoms with Gasteiger partial charge in [-0.3, -0.25) is 0 Å². The largest absolute Gasteiger partial charge is 0.0928 e. The highest BCUT2D eigenvalue weighted by molar-refractivity contribution is 9.09. The predicted octanol–water partition coefficient (Wildman–Crippen LogP) is 3.07. The molecule has 0 radical (unpaired) electrons. The van der Waals surface area contributed by atoms with E-state index in [9.17, 15) is 0 Å². The molecule has 0 rings (SSSR count). The molecule has 0 amide bonds. The summed E-state index contributed by atoms with van der Waals surface area (Å²) in [6.07, 6.45) is 4.21. The van der Waals surface area contributed by atoms with Crippen molar-refractivity contribution in [1.82, 2.24) is 0 Å². The second kappa shape index (κ2) is 4.68. The van der Waals surface area contributed by atoms with Crippen molar-refractivity contribution in [2.24, 2.45) is 0 Å². The summed E-state index contributed by atoms with van der Waals surface area (Å²) < 4.78 is 0. The molecular formula is C7H17BrP+. The average Bonchev–Trinajstić information content (AvgIpc) is 1.63. The highest BCUT2D eigenvalue weighted by Crippen LogP contribution is 2.46. The van der Waals surface area contributed by atoms with Crippen LogP contribution in [-0.4, -0.2) is 31.5 Å². The van der Waals surface area contributed by atoms with Gasteiger partial charge in [0.25, 0.3) is 0 Å². The Morgan fingerprint density at radius 3 is 2.00 bits per heavy atom. The smallest absolute Gasteiger partial charge is 0.0586 e. The van der Waals surface area contributed by atoms with Gasteiger partial charge in [-0.2, -0.15) is 0 Å². The monoisotopic (exact) mass is 211 g/mol. The van der Waals surface area contributed by atoms with Crippen molar-refractivity contribution in [2.75, 3.05) is 31.5 Å². The van der Waals surface area contributed by atoms with Crippen molar-refractivity contribution in [3.63, 3.8) is 0 Å². The van der Waals surface area contributed by atoms with E-state index in [1.165, 1.54) is 24.3 Å². The molecule has 0 heterocycles. The van der Waals surface area contributed by atoms with Gasteiger partial charge in [0.2, 0.25) is 0 Å². The molecule has 0 aromatic rings. The van der Waals surface area contributed by atoms with Crippen LogP contribution in [0.5, 0.6) is 0 Å². The lowest BCUT2D eigenvalue weighted by atomic mass is 10.4.